The number of aliphatic hydroxyl groups is 1. The summed E-state index contributed by atoms with van der Waals surface area (Å²) in [5.74, 6) is 0.761. The highest BCUT2D eigenvalue weighted by molar-refractivity contribution is 5.47. The van der Waals surface area contributed by atoms with Crippen LogP contribution in [0.5, 0.6) is 0 Å². The summed E-state index contributed by atoms with van der Waals surface area (Å²) in [4.78, 5) is 2.32. The molecular formula is C17H24N2O2. The lowest BCUT2D eigenvalue weighted by atomic mass is 10.1. The molecule has 21 heavy (non-hydrogen) atoms. The third-order valence-corrected chi connectivity index (χ3v) is 3.69. The number of nitrogens with zero attached hydrogens (tertiary/aromatic N) is 1. The first-order chi connectivity index (χ1) is 10.3. The van der Waals surface area contributed by atoms with Gasteiger partial charge < -0.3 is 19.7 Å². The van der Waals surface area contributed by atoms with E-state index in [4.69, 9.17) is 4.42 Å². The first kappa shape index (κ1) is 15.6. The van der Waals surface area contributed by atoms with Crippen LogP contribution in [0, 0.1) is 0 Å². The fraction of sp³-hybridized carbons (Fsp3) is 0.412. The maximum absolute atomic E-state index is 9.43. The smallest absolute Gasteiger partial charge is 0.123 e. The van der Waals surface area contributed by atoms with Crippen molar-refractivity contribution in [1.82, 2.24) is 5.32 Å². The molecule has 0 amide bonds. The van der Waals surface area contributed by atoms with Gasteiger partial charge in [0.15, 0.2) is 0 Å². The largest absolute Gasteiger partial charge is 0.468 e. The third kappa shape index (κ3) is 4.09. The van der Waals surface area contributed by atoms with Gasteiger partial charge in [-0.15, -0.1) is 0 Å². The van der Waals surface area contributed by atoms with E-state index in [1.807, 2.05) is 12.1 Å². The third-order valence-electron chi connectivity index (χ3n) is 3.69. The molecule has 0 radical (unpaired) electrons. The summed E-state index contributed by atoms with van der Waals surface area (Å²) >= 11 is 0. The van der Waals surface area contributed by atoms with Gasteiger partial charge in [0.2, 0.25) is 0 Å². The van der Waals surface area contributed by atoms with Crippen molar-refractivity contribution in [3.8, 4) is 0 Å². The van der Waals surface area contributed by atoms with Crippen LogP contribution >= 0.6 is 0 Å². The van der Waals surface area contributed by atoms with Gasteiger partial charge in [0.05, 0.1) is 18.9 Å². The second kappa shape index (κ2) is 7.86. The van der Waals surface area contributed by atoms with Crippen LogP contribution in [0.25, 0.3) is 0 Å². The van der Waals surface area contributed by atoms with Crippen LogP contribution < -0.4 is 10.2 Å². The fourth-order valence-corrected chi connectivity index (χ4v) is 2.40. The van der Waals surface area contributed by atoms with Gasteiger partial charge in [0.25, 0.3) is 0 Å². The van der Waals surface area contributed by atoms with Gasteiger partial charge in [0.1, 0.15) is 5.76 Å². The zero-order chi connectivity index (χ0) is 15.1. The lowest BCUT2D eigenvalue weighted by molar-refractivity contribution is 0.225. The Morgan fingerprint density at radius 3 is 2.38 bits per heavy atom. The minimum Gasteiger partial charge on any atom is -0.468 e. The molecule has 0 saturated heterocycles. The molecule has 2 rings (SSSR count). The van der Waals surface area contributed by atoms with E-state index < -0.39 is 0 Å². The topological polar surface area (TPSA) is 48.6 Å². The molecule has 0 bridgehead atoms. The number of anilines is 1. The average Bonchev–Trinajstić information content (AvgIpc) is 3.05. The van der Waals surface area contributed by atoms with Crippen molar-refractivity contribution < 1.29 is 9.52 Å². The Hall–Kier alpha value is -1.78. The normalized spacial score (nSPS) is 12.3. The van der Waals surface area contributed by atoms with Gasteiger partial charge in [-0.05, 0) is 43.7 Å². The molecule has 1 atom stereocenters. The summed E-state index contributed by atoms with van der Waals surface area (Å²) < 4.78 is 5.33. The summed E-state index contributed by atoms with van der Waals surface area (Å²) in [6.45, 7) is 7.07. The van der Waals surface area contributed by atoms with Crippen LogP contribution in [-0.4, -0.2) is 24.8 Å². The maximum atomic E-state index is 9.43. The first-order valence-electron chi connectivity index (χ1n) is 7.50. The molecule has 1 aromatic carbocycles. The number of furan rings is 1. The number of aliphatic hydroxyl groups excluding tert-OH is 1. The van der Waals surface area contributed by atoms with Crippen LogP contribution in [0.4, 0.5) is 5.69 Å². The average molecular weight is 288 g/mol. The molecular weight excluding hydrogens is 264 g/mol. The number of nitrogens with one attached hydrogen (secondary N) is 1. The predicted molar refractivity (Wildman–Crippen MR) is 85.4 cm³/mol. The second-order valence-electron chi connectivity index (χ2n) is 4.97. The lowest BCUT2D eigenvalue weighted by Gasteiger charge is -2.21. The Bertz CT molecular complexity index is 504. The van der Waals surface area contributed by atoms with E-state index in [0.717, 1.165) is 18.8 Å². The lowest BCUT2D eigenvalue weighted by Crippen LogP contribution is -2.24. The molecule has 1 unspecified atom stereocenters. The van der Waals surface area contributed by atoms with E-state index in [1.54, 1.807) is 6.26 Å². The Kier molecular flexibility index (Phi) is 5.84. The molecule has 0 aliphatic carbocycles. The standard InChI is InChI=1S/C17H24N2O2/c1-3-19(4-2)15-9-7-14(8-10-15)12-18-16(13-20)17-6-5-11-21-17/h5-11,16,18,20H,3-4,12-13H2,1-2H3. The molecule has 114 valence electrons. The van der Waals surface area contributed by atoms with Gasteiger partial charge in [0, 0.05) is 25.3 Å². The minimum absolute atomic E-state index is 0.0189. The van der Waals surface area contributed by atoms with Gasteiger partial charge >= 0.3 is 0 Å². The van der Waals surface area contributed by atoms with Crippen molar-refractivity contribution in [2.45, 2.75) is 26.4 Å². The monoisotopic (exact) mass is 288 g/mol. The van der Waals surface area contributed by atoms with Crippen molar-refractivity contribution in [2.75, 3.05) is 24.6 Å². The molecule has 0 fully saturated rings. The predicted octanol–water partition coefficient (Wildman–Crippen LogP) is 2.95. The van der Waals surface area contributed by atoms with Crippen LogP contribution in [0.15, 0.2) is 47.1 Å². The van der Waals surface area contributed by atoms with E-state index in [2.05, 4.69) is 48.3 Å². The van der Waals surface area contributed by atoms with E-state index in [0.29, 0.717) is 6.54 Å². The van der Waals surface area contributed by atoms with Gasteiger partial charge in [-0.25, -0.2) is 0 Å². The number of rotatable bonds is 8. The zero-order valence-corrected chi connectivity index (χ0v) is 12.7. The van der Waals surface area contributed by atoms with E-state index in [-0.39, 0.29) is 12.6 Å². The van der Waals surface area contributed by atoms with Gasteiger partial charge in [-0.2, -0.15) is 0 Å². The number of hydrogen-bond donors (Lipinski definition) is 2. The van der Waals surface area contributed by atoms with Crippen molar-refractivity contribution >= 4 is 5.69 Å². The quantitative estimate of drug-likeness (QED) is 0.784. The van der Waals surface area contributed by atoms with Crippen LogP contribution in [0.3, 0.4) is 0 Å². The fourth-order valence-electron chi connectivity index (χ4n) is 2.40. The summed E-state index contributed by atoms with van der Waals surface area (Å²) in [6, 6.07) is 12.1. The Morgan fingerprint density at radius 1 is 1.14 bits per heavy atom. The van der Waals surface area contributed by atoms with Crippen molar-refractivity contribution in [2.24, 2.45) is 0 Å². The number of benzene rings is 1. The van der Waals surface area contributed by atoms with Crippen LogP contribution in [0.1, 0.15) is 31.2 Å². The molecule has 1 aromatic heterocycles. The van der Waals surface area contributed by atoms with Crippen molar-refractivity contribution in [3.63, 3.8) is 0 Å². The summed E-state index contributed by atoms with van der Waals surface area (Å²) in [5, 5.41) is 12.7. The summed E-state index contributed by atoms with van der Waals surface area (Å²) in [5.41, 5.74) is 2.43. The minimum atomic E-state index is -0.164. The van der Waals surface area contributed by atoms with E-state index in [9.17, 15) is 5.11 Å². The maximum Gasteiger partial charge on any atom is 0.123 e. The molecule has 0 spiro atoms. The van der Waals surface area contributed by atoms with E-state index in [1.165, 1.54) is 11.3 Å². The van der Waals surface area contributed by atoms with Crippen molar-refractivity contribution in [3.05, 3.63) is 54.0 Å². The summed E-state index contributed by atoms with van der Waals surface area (Å²) in [7, 11) is 0. The Labute approximate surface area is 126 Å². The SMILES string of the molecule is CCN(CC)c1ccc(CNC(CO)c2ccco2)cc1. The van der Waals surface area contributed by atoms with E-state index >= 15 is 0 Å². The molecule has 2 aromatic rings. The van der Waals surface area contributed by atoms with Gasteiger partial charge in [-0.3, -0.25) is 0 Å². The Balaban J connectivity index is 1.94. The molecule has 0 saturated carbocycles. The highest BCUT2D eigenvalue weighted by atomic mass is 16.3. The summed E-state index contributed by atoms with van der Waals surface area (Å²) in [6.07, 6.45) is 1.62. The first-order valence-corrected chi connectivity index (χ1v) is 7.50. The molecule has 2 N–H and O–H groups in total. The van der Waals surface area contributed by atoms with Crippen LogP contribution in [0.2, 0.25) is 0 Å². The molecule has 1 heterocycles. The van der Waals surface area contributed by atoms with Gasteiger partial charge in [-0.1, -0.05) is 12.1 Å². The second-order valence-corrected chi connectivity index (χ2v) is 4.97. The molecule has 4 heteroatoms. The Morgan fingerprint density at radius 2 is 1.86 bits per heavy atom. The highest BCUT2D eigenvalue weighted by Gasteiger charge is 2.12. The molecule has 0 aliphatic rings. The number of hydrogen-bond acceptors (Lipinski definition) is 4. The molecule has 4 nitrogen and oxygen atoms in total. The zero-order valence-electron chi connectivity index (χ0n) is 12.7. The van der Waals surface area contributed by atoms with Crippen LogP contribution in [-0.2, 0) is 6.54 Å². The van der Waals surface area contributed by atoms with Crippen molar-refractivity contribution in [1.29, 1.82) is 0 Å². The molecule has 0 aliphatic heterocycles. The highest BCUT2D eigenvalue weighted by Crippen LogP contribution is 2.17.